The number of piperidine rings is 1. The maximum Gasteiger partial charge on any atom is 0.333 e. The lowest BCUT2D eigenvalue weighted by Gasteiger charge is -2.30. The van der Waals surface area contributed by atoms with Crippen LogP contribution in [0.25, 0.3) is 0 Å². The molecular weight excluding hydrogens is 270 g/mol. The number of nitro groups is 1. The number of ether oxygens (including phenoxy) is 1. The largest absolute Gasteiger partial charge is 0.490 e. The summed E-state index contributed by atoms with van der Waals surface area (Å²) >= 11 is 0. The van der Waals surface area contributed by atoms with Gasteiger partial charge in [0.1, 0.15) is 5.69 Å². The Labute approximate surface area is 125 Å². The number of benzene rings is 1. The van der Waals surface area contributed by atoms with Crippen LogP contribution in [-0.2, 0) is 0 Å². The molecule has 1 N–H and O–H groups in total. The van der Waals surface area contributed by atoms with Crippen LogP contribution >= 0.6 is 0 Å². The van der Waals surface area contributed by atoms with E-state index in [0.717, 1.165) is 39.0 Å². The van der Waals surface area contributed by atoms with Crippen LogP contribution in [0, 0.1) is 16.0 Å². The first kappa shape index (κ1) is 15.6. The van der Waals surface area contributed by atoms with E-state index in [0.29, 0.717) is 17.4 Å². The van der Waals surface area contributed by atoms with Crippen LogP contribution in [0.1, 0.15) is 19.8 Å². The monoisotopic (exact) mass is 293 g/mol. The van der Waals surface area contributed by atoms with Crippen LogP contribution < -0.4 is 15.0 Å². The summed E-state index contributed by atoms with van der Waals surface area (Å²) in [5.41, 5.74) is 0.719. The molecule has 116 valence electrons. The lowest BCUT2D eigenvalue weighted by Crippen LogP contribution is -2.36. The van der Waals surface area contributed by atoms with Crippen molar-refractivity contribution in [2.45, 2.75) is 19.8 Å². The van der Waals surface area contributed by atoms with Crippen LogP contribution in [0.2, 0.25) is 0 Å². The third kappa shape index (κ3) is 3.64. The van der Waals surface area contributed by atoms with Crippen molar-refractivity contribution >= 4 is 11.4 Å². The predicted octanol–water partition coefficient (Wildman–Crippen LogP) is 2.43. The van der Waals surface area contributed by atoms with Gasteiger partial charge < -0.3 is 15.0 Å². The highest BCUT2D eigenvalue weighted by atomic mass is 16.6. The highest BCUT2D eigenvalue weighted by molar-refractivity contribution is 5.69. The Morgan fingerprint density at radius 2 is 2.14 bits per heavy atom. The maximum atomic E-state index is 11.4. The smallest absolute Gasteiger partial charge is 0.333 e. The van der Waals surface area contributed by atoms with Gasteiger partial charge in [0.2, 0.25) is 0 Å². The average Bonchev–Trinajstić information content (AvgIpc) is 2.52. The lowest BCUT2D eigenvalue weighted by molar-refractivity contribution is -0.385. The van der Waals surface area contributed by atoms with Gasteiger partial charge in [0.05, 0.1) is 12.0 Å². The number of methoxy groups -OCH3 is 1. The zero-order chi connectivity index (χ0) is 15.2. The van der Waals surface area contributed by atoms with Gasteiger partial charge in [0, 0.05) is 13.1 Å². The number of hydrogen-bond donors (Lipinski definition) is 1. The minimum absolute atomic E-state index is 0.0655. The molecule has 6 heteroatoms. The van der Waals surface area contributed by atoms with Crippen LogP contribution in [0.3, 0.4) is 0 Å². The second-order valence-corrected chi connectivity index (χ2v) is 5.32. The fraction of sp³-hybridized carbons (Fsp3) is 0.600. The molecule has 1 aliphatic heterocycles. The van der Waals surface area contributed by atoms with Gasteiger partial charge in [0.25, 0.3) is 0 Å². The molecule has 1 fully saturated rings. The summed E-state index contributed by atoms with van der Waals surface area (Å²) in [6.07, 6.45) is 2.24. The third-order valence-electron chi connectivity index (χ3n) is 4.04. The molecule has 0 radical (unpaired) electrons. The molecule has 1 saturated heterocycles. The summed E-state index contributed by atoms with van der Waals surface area (Å²) in [6, 6.07) is 5.26. The highest BCUT2D eigenvalue weighted by Gasteiger charge is 2.26. The highest BCUT2D eigenvalue weighted by Crippen LogP contribution is 2.37. The third-order valence-corrected chi connectivity index (χ3v) is 4.04. The van der Waals surface area contributed by atoms with E-state index in [1.165, 1.54) is 7.11 Å². The molecule has 1 aromatic rings. The molecule has 1 aliphatic rings. The molecule has 1 heterocycles. The summed E-state index contributed by atoms with van der Waals surface area (Å²) < 4.78 is 5.15. The number of rotatable bonds is 6. The van der Waals surface area contributed by atoms with E-state index in [1.807, 2.05) is 19.1 Å². The Morgan fingerprint density at radius 3 is 2.71 bits per heavy atom. The van der Waals surface area contributed by atoms with E-state index in [9.17, 15) is 10.1 Å². The Hall–Kier alpha value is -1.82. The molecule has 21 heavy (non-hydrogen) atoms. The number of hydrogen-bond acceptors (Lipinski definition) is 5. The Morgan fingerprint density at radius 1 is 1.43 bits per heavy atom. The number of nitrogens with zero attached hydrogens (tertiary/aromatic N) is 2. The van der Waals surface area contributed by atoms with Gasteiger partial charge in [-0.2, -0.15) is 0 Å². The van der Waals surface area contributed by atoms with E-state index in [1.54, 1.807) is 6.07 Å². The molecular formula is C15H23N3O3. The van der Waals surface area contributed by atoms with Crippen molar-refractivity contribution in [3.8, 4) is 5.75 Å². The Kier molecular flexibility index (Phi) is 5.38. The Bertz CT molecular complexity index is 487. The molecule has 0 bridgehead atoms. The molecule has 0 spiro atoms. The fourth-order valence-electron chi connectivity index (χ4n) is 2.89. The minimum atomic E-state index is -0.348. The summed E-state index contributed by atoms with van der Waals surface area (Å²) in [4.78, 5) is 13.1. The number of nitrogens with one attached hydrogen (secondary N) is 1. The van der Waals surface area contributed by atoms with E-state index in [-0.39, 0.29) is 10.6 Å². The summed E-state index contributed by atoms with van der Waals surface area (Å²) in [5, 5.41) is 14.7. The normalized spacial score (nSPS) is 15.7. The first-order valence-electron chi connectivity index (χ1n) is 7.44. The van der Waals surface area contributed by atoms with Gasteiger partial charge in [-0.15, -0.1) is 0 Å². The van der Waals surface area contributed by atoms with Crippen LogP contribution in [0.4, 0.5) is 11.4 Å². The first-order valence-corrected chi connectivity index (χ1v) is 7.44. The van der Waals surface area contributed by atoms with E-state index < -0.39 is 0 Å². The molecule has 6 nitrogen and oxygen atoms in total. The van der Waals surface area contributed by atoms with E-state index in [2.05, 4.69) is 10.2 Å². The van der Waals surface area contributed by atoms with Crippen LogP contribution in [0.5, 0.6) is 5.75 Å². The summed E-state index contributed by atoms with van der Waals surface area (Å²) in [6.45, 7) is 5.69. The average molecular weight is 293 g/mol. The minimum Gasteiger partial charge on any atom is -0.490 e. The van der Waals surface area contributed by atoms with Gasteiger partial charge in [-0.05, 0) is 50.9 Å². The van der Waals surface area contributed by atoms with Gasteiger partial charge in [-0.1, -0.05) is 6.07 Å². The standard InChI is InChI=1S/C15H23N3O3/c1-3-17(11-12-7-9-16-10-8-12)13-5-4-6-14(21-2)15(13)18(19)20/h4-6,12,16H,3,7-11H2,1-2H3. The topological polar surface area (TPSA) is 67.6 Å². The van der Waals surface area contributed by atoms with Crippen molar-refractivity contribution in [1.29, 1.82) is 0 Å². The van der Waals surface area contributed by atoms with Crippen molar-refractivity contribution in [3.05, 3.63) is 28.3 Å². The lowest BCUT2D eigenvalue weighted by atomic mass is 9.97. The fourth-order valence-corrected chi connectivity index (χ4v) is 2.89. The first-order chi connectivity index (χ1) is 10.2. The van der Waals surface area contributed by atoms with Crippen molar-refractivity contribution in [1.82, 2.24) is 5.32 Å². The van der Waals surface area contributed by atoms with Crippen LogP contribution in [0.15, 0.2) is 18.2 Å². The number of anilines is 1. The predicted molar refractivity (Wildman–Crippen MR) is 83.1 cm³/mol. The van der Waals surface area contributed by atoms with Crippen molar-refractivity contribution in [2.24, 2.45) is 5.92 Å². The number of para-hydroxylation sites is 1. The second kappa shape index (κ2) is 7.26. The van der Waals surface area contributed by atoms with Crippen LogP contribution in [-0.4, -0.2) is 38.2 Å². The molecule has 0 unspecified atom stereocenters. The molecule has 0 aromatic heterocycles. The van der Waals surface area contributed by atoms with Crippen molar-refractivity contribution in [2.75, 3.05) is 38.2 Å². The van der Waals surface area contributed by atoms with Gasteiger partial charge in [-0.25, -0.2) is 0 Å². The van der Waals surface area contributed by atoms with E-state index >= 15 is 0 Å². The van der Waals surface area contributed by atoms with Gasteiger partial charge in [-0.3, -0.25) is 10.1 Å². The molecule has 2 rings (SSSR count). The quantitative estimate of drug-likeness (QED) is 0.644. The number of nitro benzene ring substituents is 1. The van der Waals surface area contributed by atoms with Gasteiger partial charge >= 0.3 is 5.69 Å². The summed E-state index contributed by atoms with van der Waals surface area (Å²) in [5.74, 6) is 0.901. The molecule has 0 aliphatic carbocycles. The molecule has 0 amide bonds. The molecule has 0 saturated carbocycles. The second-order valence-electron chi connectivity index (χ2n) is 5.32. The van der Waals surface area contributed by atoms with Crippen molar-refractivity contribution in [3.63, 3.8) is 0 Å². The van der Waals surface area contributed by atoms with Gasteiger partial charge in [0.15, 0.2) is 5.75 Å². The molecule has 0 atom stereocenters. The Balaban J connectivity index is 2.26. The summed E-state index contributed by atoms with van der Waals surface area (Å²) in [7, 11) is 1.47. The molecule has 1 aromatic carbocycles. The zero-order valence-corrected chi connectivity index (χ0v) is 12.7. The maximum absolute atomic E-state index is 11.4. The zero-order valence-electron chi connectivity index (χ0n) is 12.7. The SMILES string of the molecule is CCN(CC1CCNCC1)c1cccc(OC)c1[N+](=O)[O-]. The van der Waals surface area contributed by atoms with E-state index in [4.69, 9.17) is 4.74 Å². The van der Waals surface area contributed by atoms with Crippen molar-refractivity contribution < 1.29 is 9.66 Å².